The van der Waals surface area contributed by atoms with Crippen molar-refractivity contribution in [3.8, 4) is 0 Å². The maximum absolute atomic E-state index is 13.5. The molecule has 2 aromatic carbocycles. The molecule has 0 fully saturated rings. The number of ketones is 1. The zero-order valence-electron chi connectivity index (χ0n) is 12.9. The molecule has 0 aliphatic carbocycles. The van der Waals surface area contributed by atoms with Crippen LogP contribution in [0.15, 0.2) is 54.2 Å². The van der Waals surface area contributed by atoms with Gasteiger partial charge in [0.25, 0.3) is 0 Å². The number of carbonyl (C=O) groups is 2. The third kappa shape index (κ3) is 3.01. The molecule has 0 aromatic heterocycles. The van der Waals surface area contributed by atoms with Crippen LogP contribution in [0.1, 0.15) is 15.9 Å². The van der Waals surface area contributed by atoms with E-state index in [1.165, 1.54) is 12.1 Å². The molecule has 7 nitrogen and oxygen atoms in total. The molecule has 0 spiro atoms. The van der Waals surface area contributed by atoms with E-state index in [2.05, 4.69) is 5.43 Å². The number of hydroxylamine groups is 2. The van der Waals surface area contributed by atoms with Crippen LogP contribution in [0.3, 0.4) is 0 Å². The zero-order chi connectivity index (χ0) is 18.2. The molecule has 1 aliphatic rings. The summed E-state index contributed by atoms with van der Waals surface area (Å²) in [5.41, 5.74) is 2.70. The van der Waals surface area contributed by atoms with Crippen LogP contribution in [0, 0.1) is 5.21 Å². The predicted molar refractivity (Wildman–Crippen MR) is 94.6 cm³/mol. The predicted octanol–water partition coefficient (Wildman–Crippen LogP) is 2.80. The fourth-order valence-corrected chi connectivity index (χ4v) is 3.00. The number of carbonyl (C=O) groups excluding carboxylic acids is 1. The quantitative estimate of drug-likeness (QED) is 0.254. The maximum Gasteiger partial charge on any atom is 0.345 e. The summed E-state index contributed by atoms with van der Waals surface area (Å²) in [4.78, 5) is 23.9. The first-order valence-corrected chi connectivity index (χ1v) is 7.68. The average Bonchev–Trinajstić information content (AvgIpc) is 2.58. The number of quaternary nitrogens is 1. The first kappa shape index (κ1) is 17.1. The van der Waals surface area contributed by atoms with Crippen LogP contribution in [0.4, 0.5) is 11.4 Å². The molecule has 1 atom stereocenters. The standard InChI is InChI=1S/C17H14ClN3O4/c18-13-7-15-11(6-14(13)20-19)16(22)12(17(23)24)9-21(15,25)8-10-4-2-1-3-5-10/h1-7,9,20H,8,19H2,(H,23,24). The van der Waals surface area contributed by atoms with Gasteiger partial charge in [0.05, 0.1) is 16.3 Å². The van der Waals surface area contributed by atoms with E-state index < -0.39 is 22.0 Å². The first-order chi connectivity index (χ1) is 11.9. The highest BCUT2D eigenvalue weighted by atomic mass is 35.5. The lowest BCUT2D eigenvalue weighted by Crippen LogP contribution is -2.42. The van der Waals surface area contributed by atoms with E-state index in [-0.39, 0.29) is 28.5 Å². The second kappa shape index (κ2) is 6.30. The Bertz CT molecular complexity index is 898. The second-order valence-electron chi connectivity index (χ2n) is 5.61. The van der Waals surface area contributed by atoms with Gasteiger partial charge in [0, 0.05) is 11.6 Å². The van der Waals surface area contributed by atoms with E-state index in [9.17, 15) is 19.9 Å². The van der Waals surface area contributed by atoms with Crippen LogP contribution >= 0.6 is 11.6 Å². The summed E-state index contributed by atoms with van der Waals surface area (Å²) in [5, 5.41) is 22.9. The van der Waals surface area contributed by atoms with E-state index in [0.717, 1.165) is 6.20 Å². The number of hydrazine groups is 1. The molecule has 3 rings (SSSR count). The van der Waals surface area contributed by atoms with Crippen LogP contribution in [-0.2, 0) is 11.3 Å². The Morgan fingerprint density at radius 2 is 1.96 bits per heavy atom. The molecule has 1 unspecified atom stereocenters. The number of rotatable bonds is 4. The van der Waals surface area contributed by atoms with Gasteiger partial charge >= 0.3 is 5.97 Å². The monoisotopic (exact) mass is 359 g/mol. The lowest BCUT2D eigenvalue weighted by Gasteiger charge is -2.42. The topological polar surface area (TPSA) is 115 Å². The van der Waals surface area contributed by atoms with Gasteiger partial charge < -0.3 is 15.7 Å². The van der Waals surface area contributed by atoms with Gasteiger partial charge in [-0.1, -0.05) is 41.9 Å². The molecule has 4 N–H and O–H groups in total. The van der Waals surface area contributed by atoms with Crippen molar-refractivity contribution in [1.29, 1.82) is 0 Å². The van der Waals surface area contributed by atoms with Crippen molar-refractivity contribution >= 4 is 34.7 Å². The van der Waals surface area contributed by atoms with Gasteiger partial charge in [0.2, 0.25) is 5.78 Å². The fourth-order valence-electron chi connectivity index (χ4n) is 2.79. The van der Waals surface area contributed by atoms with Crippen molar-refractivity contribution in [3.63, 3.8) is 0 Å². The fraction of sp³-hybridized carbons (Fsp3) is 0.0588. The van der Waals surface area contributed by atoms with Crippen molar-refractivity contribution in [2.24, 2.45) is 5.84 Å². The molecule has 2 aromatic rings. The highest BCUT2D eigenvalue weighted by Crippen LogP contribution is 2.40. The van der Waals surface area contributed by atoms with E-state index in [1.807, 2.05) is 0 Å². The average molecular weight is 360 g/mol. The van der Waals surface area contributed by atoms with Crippen LogP contribution in [-0.4, -0.2) is 16.9 Å². The molecule has 1 heterocycles. The number of nitrogens with zero attached hydrogens (tertiary/aromatic N) is 1. The van der Waals surface area contributed by atoms with E-state index in [1.54, 1.807) is 30.3 Å². The first-order valence-electron chi connectivity index (χ1n) is 7.30. The zero-order valence-corrected chi connectivity index (χ0v) is 13.7. The molecule has 0 saturated carbocycles. The van der Waals surface area contributed by atoms with Gasteiger partial charge in [0.1, 0.15) is 12.7 Å². The Hall–Kier alpha value is -2.71. The smallest absolute Gasteiger partial charge is 0.345 e. The van der Waals surface area contributed by atoms with Crippen molar-refractivity contribution in [1.82, 2.24) is 4.65 Å². The summed E-state index contributed by atoms with van der Waals surface area (Å²) in [6.45, 7) is -0.0797. The minimum atomic E-state index is -1.46. The molecule has 1 aliphatic heterocycles. The Morgan fingerprint density at radius 1 is 1.28 bits per heavy atom. The number of fused-ring (bicyclic) bond motifs is 1. The third-order valence-electron chi connectivity index (χ3n) is 3.97. The van der Waals surface area contributed by atoms with Crippen molar-refractivity contribution in [3.05, 3.63) is 75.6 Å². The number of halogens is 1. The van der Waals surface area contributed by atoms with Crippen molar-refractivity contribution in [2.45, 2.75) is 6.54 Å². The summed E-state index contributed by atoms with van der Waals surface area (Å²) >= 11 is 6.10. The normalized spacial score (nSPS) is 19.2. The molecule has 0 bridgehead atoms. The van der Waals surface area contributed by atoms with Crippen molar-refractivity contribution < 1.29 is 14.7 Å². The minimum Gasteiger partial charge on any atom is -0.622 e. The molecular formula is C17H14ClN3O4. The number of hydrogen-bond donors (Lipinski definition) is 3. The van der Waals surface area contributed by atoms with Gasteiger partial charge in [-0.2, -0.15) is 0 Å². The summed E-state index contributed by atoms with van der Waals surface area (Å²) in [6, 6.07) is 11.5. The van der Waals surface area contributed by atoms with Gasteiger partial charge in [-0.3, -0.25) is 15.3 Å². The number of nitrogens with one attached hydrogen (secondary N) is 1. The molecule has 0 radical (unpaired) electrons. The number of carboxylic acid groups (broad SMARTS) is 1. The summed E-state index contributed by atoms with van der Waals surface area (Å²) in [6.07, 6.45) is 0.909. The molecule has 8 heteroatoms. The third-order valence-corrected chi connectivity index (χ3v) is 4.28. The second-order valence-corrected chi connectivity index (χ2v) is 6.02. The maximum atomic E-state index is 13.5. The Labute approximate surface area is 148 Å². The van der Waals surface area contributed by atoms with Crippen LogP contribution in [0.2, 0.25) is 5.02 Å². The van der Waals surface area contributed by atoms with Gasteiger partial charge in [-0.25, -0.2) is 4.79 Å². The molecular weight excluding hydrogens is 346 g/mol. The molecule has 25 heavy (non-hydrogen) atoms. The van der Waals surface area contributed by atoms with Crippen LogP contribution in [0.5, 0.6) is 0 Å². The van der Waals surface area contributed by atoms with Crippen LogP contribution in [0.25, 0.3) is 0 Å². The molecule has 0 amide bonds. The Balaban J connectivity index is 2.21. The number of nitrogen functional groups attached to an aromatic ring is 1. The van der Waals surface area contributed by atoms with Crippen LogP contribution < -0.4 is 15.9 Å². The van der Waals surface area contributed by atoms with E-state index >= 15 is 0 Å². The van der Waals surface area contributed by atoms with E-state index in [4.69, 9.17) is 17.4 Å². The highest BCUT2D eigenvalue weighted by molar-refractivity contribution is 6.34. The molecule has 128 valence electrons. The lowest BCUT2D eigenvalue weighted by atomic mass is 9.96. The van der Waals surface area contributed by atoms with Gasteiger partial charge in [0.15, 0.2) is 11.3 Å². The van der Waals surface area contributed by atoms with Gasteiger partial charge in [-0.05, 0) is 6.07 Å². The SMILES string of the molecule is NNc1cc2c(cc1Cl)[N+]([O-])(Cc1ccccc1)C=C(C(=O)O)C2=O. The number of carboxylic acids is 1. The number of aliphatic carboxylic acids is 1. The number of Topliss-reactive ketones (excluding diaryl/α,β-unsaturated/α-hetero) is 1. The number of anilines is 1. The molecule has 0 saturated heterocycles. The number of benzene rings is 2. The Morgan fingerprint density at radius 3 is 2.56 bits per heavy atom. The Kier molecular flexibility index (Phi) is 4.32. The number of hydrogen-bond acceptors (Lipinski definition) is 5. The summed E-state index contributed by atoms with van der Waals surface area (Å²) in [7, 11) is 0. The van der Waals surface area contributed by atoms with Gasteiger partial charge in [-0.15, -0.1) is 0 Å². The largest absolute Gasteiger partial charge is 0.622 e. The minimum absolute atomic E-state index is 0.0387. The lowest BCUT2D eigenvalue weighted by molar-refractivity contribution is -0.132. The number of nitrogens with two attached hydrogens (primary N) is 1. The summed E-state index contributed by atoms with van der Waals surface area (Å²) < 4.78 is -1.14. The highest BCUT2D eigenvalue weighted by Gasteiger charge is 2.38. The van der Waals surface area contributed by atoms with E-state index in [0.29, 0.717) is 5.56 Å². The summed E-state index contributed by atoms with van der Waals surface area (Å²) in [5.74, 6) is 3.14. The van der Waals surface area contributed by atoms with Crippen molar-refractivity contribution in [2.75, 3.05) is 5.43 Å².